The lowest BCUT2D eigenvalue weighted by molar-refractivity contribution is 0.300. The molecule has 2 rings (SSSR count). The average molecular weight is 291 g/mol. The number of halogens is 1. The van der Waals surface area contributed by atoms with E-state index < -0.39 is 0 Å². The van der Waals surface area contributed by atoms with Crippen molar-refractivity contribution in [3.8, 4) is 5.75 Å². The van der Waals surface area contributed by atoms with Gasteiger partial charge >= 0.3 is 0 Å². The first-order chi connectivity index (χ1) is 9.40. The zero-order chi connectivity index (χ0) is 14.9. The van der Waals surface area contributed by atoms with Gasteiger partial charge < -0.3 is 10.5 Å². The summed E-state index contributed by atoms with van der Waals surface area (Å²) in [4.78, 5) is 4.39. The van der Waals surface area contributed by atoms with E-state index in [1.807, 2.05) is 39.8 Å². The number of aryl methyl sites for hydroxylation is 3. The van der Waals surface area contributed by atoms with E-state index in [1.165, 1.54) is 0 Å². The number of benzene rings is 1. The first-order valence-electron chi connectivity index (χ1n) is 6.50. The highest BCUT2D eigenvalue weighted by atomic mass is 35.5. The van der Waals surface area contributed by atoms with E-state index in [0.717, 1.165) is 44.4 Å². The van der Waals surface area contributed by atoms with Gasteiger partial charge in [-0.05, 0) is 62.1 Å². The van der Waals surface area contributed by atoms with Crippen LogP contribution in [-0.4, -0.2) is 4.98 Å². The molecule has 0 unspecified atom stereocenters. The second kappa shape index (κ2) is 5.71. The predicted octanol–water partition coefficient (Wildman–Crippen LogP) is 4.13. The van der Waals surface area contributed by atoms with Crippen molar-refractivity contribution in [1.29, 1.82) is 0 Å². The van der Waals surface area contributed by atoms with E-state index in [4.69, 9.17) is 22.1 Å². The van der Waals surface area contributed by atoms with Gasteiger partial charge in [-0.15, -0.1) is 0 Å². The van der Waals surface area contributed by atoms with Crippen molar-refractivity contribution in [3.63, 3.8) is 0 Å². The Bertz CT molecular complexity index is 630. The van der Waals surface area contributed by atoms with Gasteiger partial charge in [0.25, 0.3) is 0 Å². The van der Waals surface area contributed by atoms with E-state index in [2.05, 4.69) is 4.98 Å². The molecule has 0 saturated carbocycles. The largest absolute Gasteiger partial charge is 0.487 e. The summed E-state index contributed by atoms with van der Waals surface area (Å²) in [5.41, 5.74) is 11.6. The van der Waals surface area contributed by atoms with Gasteiger partial charge in [0.2, 0.25) is 0 Å². The highest BCUT2D eigenvalue weighted by Crippen LogP contribution is 2.27. The Balaban J connectivity index is 2.19. The SMILES string of the molecule is Cc1cnc(COc2cc(C)c(Cl)c(C)c2)c(C)c1N. The third-order valence-corrected chi connectivity index (χ3v) is 4.06. The molecule has 0 aliphatic heterocycles. The third kappa shape index (κ3) is 2.88. The summed E-state index contributed by atoms with van der Waals surface area (Å²) in [6.45, 7) is 8.25. The Morgan fingerprint density at radius 2 is 1.70 bits per heavy atom. The highest BCUT2D eigenvalue weighted by molar-refractivity contribution is 6.32. The van der Waals surface area contributed by atoms with Crippen molar-refractivity contribution in [2.75, 3.05) is 5.73 Å². The quantitative estimate of drug-likeness (QED) is 0.924. The number of aromatic nitrogens is 1. The minimum atomic E-state index is 0.400. The summed E-state index contributed by atoms with van der Waals surface area (Å²) < 4.78 is 5.81. The first-order valence-corrected chi connectivity index (χ1v) is 6.88. The van der Waals surface area contributed by atoms with Crippen molar-refractivity contribution in [2.45, 2.75) is 34.3 Å². The predicted molar refractivity (Wildman–Crippen MR) is 83.4 cm³/mol. The van der Waals surface area contributed by atoms with Crippen molar-refractivity contribution in [3.05, 3.63) is 51.3 Å². The highest BCUT2D eigenvalue weighted by Gasteiger charge is 2.08. The minimum absolute atomic E-state index is 0.400. The zero-order valence-electron chi connectivity index (χ0n) is 12.2. The molecule has 2 N–H and O–H groups in total. The zero-order valence-corrected chi connectivity index (χ0v) is 13.0. The van der Waals surface area contributed by atoms with Crippen LogP contribution in [0.3, 0.4) is 0 Å². The van der Waals surface area contributed by atoms with Gasteiger partial charge in [0.1, 0.15) is 12.4 Å². The second-order valence-corrected chi connectivity index (χ2v) is 5.46. The number of hydrogen-bond donors (Lipinski definition) is 1. The summed E-state index contributed by atoms with van der Waals surface area (Å²) in [7, 11) is 0. The minimum Gasteiger partial charge on any atom is -0.487 e. The standard InChI is InChI=1S/C16H19ClN2O/c1-9-5-13(6-10(2)15(9)17)20-8-14-12(4)16(18)11(3)7-19-14/h5-7H,8H2,1-4H3,(H2,18,19). The summed E-state index contributed by atoms with van der Waals surface area (Å²) in [5.74, 6) is 0.796. The molecule has 1 heterocycles. The molecule has 0 aliphatic carbocycles. The molecule has 106 valence electrons. The van der Waals surface area contributed by atoms with Gasteiger partial charge in [-0.25, -0.2) is 0 Å². The van der Waals surface area contributed by atoms with Crippen LogP contribution in [0.25, 0.3) is 0 Å². The Morgan fingerprint density at radius 1 is 1.10 bits per heavy atom. The van der Waals surface area contributed by atoms with Crippen LogP contribution in [-0.2, 0) is 6.61 Å². The van der Waals surface area contributed by atoms with E-state index in [-0.39, 0.29) is 0 Å². The van der Waals surface area contributed by atoms with Crippen molar-refractivity contribution in [1.82, 2.24) is 4.98 Å². The Labute approximate surface area is 124 Å². The molecule has 0 amide bonds. The topological polar surface area (TPSA) is 48.1 Å². The van der Waals surface area contributed by atoms with Gasteiger partial charge in [-0.1, -0.05) is 11.6 Å². The molecule has 1 aromatic carbocycles. The van der Waals surface area contributed by atoms with Gasteiger partial charge in [0.15, 0.2) is 0 Å². The van der Waals surface area contributed by atoms with Crippen LogP contribution in [0.2, 0.25) is 5.02 Å². The van der Waals surface area contributed by atoms with Crippen molar-refractivity contribution >= 4 is 17.3 Å². The lowest BCUT2D eigenvalue weighted by atomic mass is 10.1. The number of nitrogens with zero attached hydrogens (tertiary/aromatic N) is 1. The molecule has 4 heteroatoms. The van der Waals surface area contributed by atoms with Crippen LogP contribution in [0.1, 0.15) is 27.9 Å². The van der Waals surface area contributed by atoms with Gasteiger partial charge in [-0.3, -0.25) is 4.98 Å². The summed E-state index contributed by atoms with van der Waals surface area (Å²) >= 11 is 6.15. The van der Waals surface area contributed by atoms with Gasteiger partial charge in [0.05, 0.1) is 5.69 Å². The molecule has 1 aromatic heterocycles. The maximum atomic E-state index is 6.15. The van der Waals surface area contributed by atoms with Crippen LogP contribution < -0.4 is 10.5 Å². The third-order valence-electron chi connectivity index (χ3n) is 3.46. The first kappa shape index (κ1) is 14.7. The van der Waals surface area contributed by atoms with Crippen LogP contribution in [0.15, 0.2) is 18.3 Å². The van der Waals surface area contributed by atoms with Crippen LogP contribution in [0.5, 0.6) is 5.75 Å². The maximum absolute atomic E-state index is 6.15. The van der Waals surface area contributed by atoms with Crippen molar-refractivity contribution < 1.29 is 4.74 Å². The van der Waals surface area contributed by atoms with E-state index in [9.17, 15) is 0 Å². The molecular weight excluding hydrogens is 272 g/mol. The van der Waals surface area contributed by atoms with Gasteiger partial charge in [0, 0.05) is 16.9 Å². The number of nitrogens with two attached hydrogens (primary N) is 1. The number of anilines is 1. The van der Waals surface area contributed by atoms with E-state index in [1.54, 1.807) is 6.20 Å². The molecule has 3 nitrogen and oxygen atoms in total. The van der Waals surface area contributed by atoms with Crippen molar-refractivity contribution in [2.24, 2.45) is 0 Å². The Kier molecular flexibility index (Phi) is 4.19. The molecule has 0 radical (unpaired) electrons. The molecular formula is C16H19ClN2O. The monoisotopic (exact) mass is 290 g/mol. The fourth-order valence-electron chi connectivity index (χ4n) is 2.08. The van der Waals surface area contributed by atoms with E-state index in [0.29, 0.717) is 6.61 Å². The molecule has 0 fully saturated rings. The number of rotatable bonds is 3. The molecule has 0 aliphatic rings. The second-order valence-electron chi connectivity index (χ2n) is 5.09. The van der Waals surface area contributed by atoms with Crippen LogP contribution in [0, 0.1) is 27.7 Å². The van der Waals surface area contributed by atoms with Crippen LogP contribution in [0.4, 0.5) is 5.69 Å². The fourth-order valence-corrected chi connectivity index (χ4v) is 2.19. The summed E-state index contributed by atoms with van der Waals surface area (Å²) in [6, 6.07) is 3.87. The molecule has 20 heavy (non-hydrogen) atoms. The number of ether oxygens (including phenoxy) is 1. The normalized spacial score (nSPS) is 10.7. The van der Waals surface area contributed by atoms with Crippen LogP contribution >= 0.6 is 11.6 Å². The molecule has 0 atom stereocenters. The Hall–Kier alpha value is -1.74. The Morgan fingerprint density at radius 3 is 2.30 bits per heavy atom. The number of hydrogen-bond acceptors (Lipinski definition) is 3. The smallest absolute Gasteiger partial charge is 0.131 e. The number of pyridine rings is 1. The molecule has 0 spiro atoms. The molecule has 2 aromatic rings. The maximum Gasteiger partial charge on any atom is 0.131 e. The van der Waals surface area contributed by atoms with Gasteiger partial charge in [-0.2, -0.15) is 0 Å². The lowest BCUT2D eigenvalue weighted by Gasteiger charge is -2.12. The molecule has 0 saturated heterocycles. The fraction of sp³-hybridized carbons (Fsp3) is 0.312. The van der Waals surface area contributed by atoms with E-state index >= 15 is 0 Å². The summed E-state index contributed by atoms with van der Waals surface area (Å²) in [6.07, 6.45) is 1.78. The summed E-state index contributed by atoms with van der Waals surface area (Å²) in [5, 5.41) is 0.784. The average Bonchev–Trinajstić information content (AvgIpc) is 2.41. The molecule has 0 bridgehead atoms. The lowest BCUT2D eigenvalue weighted by Crippen LogP contribution is -2.05. The number of nitrogen functional groups attached to an aromatic ring is 1.